The molecule has 6 heteroatoms. The number of aromatic nitrogens is 2. The molecule has 0 unspecified atom stereocenters. The van der Waals surface area contributed by atoms with Crippen LogP contribution in [0.4, 0.5) is 11.6 Å². The SMILES string of the molecule is Nc1ccc(Oc2ccccc2-c2ccccc2Oc2ccc(N)nc2)cn1. The first-order chi connectivity index (χ1) is 13.7. The van der Waals surface area contributed by atoms with Crippen LogP contribution in [0.2, 0.25) is 0 Å². The molecule has 0 bridgehead atoms. The normalized spacial score (nSPS) is 10.4. The summed E-state index contributed by atoms with van der Waals surface area (Å²) in [5.74, 6) is 3.44. The minimum atomic E-state index is 0.441. The van der Waals surface area contributed by atoms with Crippen LogP contribution < -0.4 is 20.9 Å². The van der Waals surface area contributed by atoms with Gasteiger partial charge < -0.3 is 20.9 Å². The van der Waals surface area contributed by atoms with Gasteiger partial charge in [0, 0.05) is 11.1 Å². The largest absolute Gasteiger partial charge is 0.455 e. The van der Waals surface area contributed by atoms with E-state index in [1.165, 1.54) is 0 Å². The average Bonchev–Trinajstić information content (AvgIpc) is 2.72. The van der Waals surface area contributed by atoms with Crippen LogP contribution in [0, 0.1) is 0 Å². The molecular formula is C22H18N4O2. The zero-order valence-electron chi connectivity index (χ0n) is 14.9. The Morgan fingerprint density at radius 2 is 0.964 bits per heavy atom. The van der Waals surface area contributed by atoms with Gasteiger partial charge in [-0.1, -0.05) is 36.4 Å². The van der Waals surface area contributed by atoms with Crippen LogP contribution in [-0.2, 0) is 0 Å². The fourth-order valence-corrected chi connectivity index (χ4v) is 2.71. The van der Waals surface area contributed by atoms with Gasteiger partial charge in [0.15, 0.2) is 0 Å². The number of hydrogen-bond donors (Lipinski definition) is 2. The summed E-state index contributed by atoms with van der Waals surface area (Å²) in [4.78, 5) is 8.14. The number of rotatable bonds is 5. The molecule has 2 heterocycles. The molecule has 0 fully saturated rings. The van der Waals surface area contributed by atoms with Crippen LogP contribution in [-0.4, -0.2) is 9.97 Å². The number of benzene rings is 2. The van der Waals surface area contributed by atoms with Gasteiger partial charge in [0.05, 0.1) is 12.4 Å². The molecule has 0 radical (unpaired) electrons. The molecule has 28 heavy (non-hydrogen) atoms. The average molecular weight is 370 g/mol. The second-order valence-corrected chi connectivity index (χ2v) is 6.03. The van der Waals surface area contributed by atoms with E-state index < -0.39 is 0 Å². The summed E-state index contributed by atoms with van der Waals surface area (Å²) in [5.41, 5.74) is 13.1. The molecule has 4 rings (SSSR count). The monoisotopic (exact) mass is 370 g/mol. The van der Waals surface area contributed by atoms with Gasteiger partial charge in [-0.15, -0.1) is 0 Å². The van der Waals surface area contributed by atoms with E-state index in [2.05, 4.69) is 9.97 Å². The third-order valence-corrected chi connectivity index (χ3v) is 4.04. The topological polar surface area (TPSA) is 96.3 Å². The van der Waals surface area contributed by atoms with Gasteiger partial charge in [-0.25, -0.2) is 9.97 Å². The van der Waals surface area contributed by atoms with E-state index in [0.717, 1.165) is 11.1 Å². The molecule has 0 aliphatic carbocycles. The van der Waals surface area contributed by atoms with Crippen molar-refractivity contribution in [3.05, 3.63) is 85.2 Å². The first kappa shape index (κ1) is 17.4. The van der Waals surface area contributed by atoms with E-state index in [-0.39, 0.29) is 0 Å². The van der Waals surface area contributed by atoms with Crippen LogP contribution in [0.1, 0.15) is 0 Å². The lowest BCUT2D eigenvalue weighted by Crippen LogP contribution is -1.94. The molecule has 0 saturated carbocycles. The Kier molecular flexibility index (Phi) is 4.76. The predicted octanol–water partition coefficient (Wildman–Crippen LogP) is 4.89. The Morgan fingerprint density at radius 1 is 0.536 bits per heavy atom. The van der Waals surface area contributed by atoms with Crippen molar-refractivity contribution in [2.24, 2.45) is 0 Å². The van der Waals surface area contributed by atoms with Gasteiger partial charge in [0.1, 0.15) is 34.6 Å². The number of nitrogens with two attached hydrogens (primary N) is 2. The summed E-state index contributed by atoms with van der Waals surface area (Å²) in [6.07, 6.45) is 3.18. The number of nitrogen functional groups attached to an aromatic ring is 2. The third-order valence-electron chi connectivity index (χ3n) is 4.04. The second-order valence-electron chi connectivity index (χ2n) is 6.03. The van der Waals surface area contributed by atoms with E-state index >= 15 is 0 Å². The summed E-state index contributed by atoms with van der Waals surface area (Å²) in [7, 11) is 0. The molecule has 6 nitrogen and oxygen atoms in total. The Labute approximate surface area is 162 Å². The Morgan fingerprint density at radius 3 is 1.36 bits per heavy atom. The van der Waals surface area contributed by atoms with E-state index in [0.29, 0.717) is 34.6 Å². The Hall–Kier alpha value is -4.06. The lowest BCUT2D eigenvalue weighted by Gasteiger charge is -2.15. The summed E-state index contributed by atoms with van der Waals surface area (Å²) in [6, 6.07) is 22.4. The molecule has 0 aliphatic heterocycles. The van der Waals surface area contributed by atoms with Crippen LogP contribution in [0.3, 0.4) is 0 Å². The maximum absolute atomic E-state index is 6.04. The zero-order valence-corrected chi connectivity index (χ0v) is 14.9. The number of hydrogen-bond acceptors (Lipinski definition) is 6. The minimum absolute atomic E-state index is 0.441. The van der Waals surface area contributed by atoms with Gasteiger partial charge in [0.2, 0.25) is 0 Å². The maximum atomic E-state index is 6.04. The van der Waals surface area contributed by atoms with Crippen LogP contribution in [0.25, 0.3) is 11.1 Å². The molecule has 0 aliphatic rings. The van der Waals surface area contributed by atoms with Crippen molar-refractivity contribution in [3.63, 3.8) is 0 Å². The molecule has 0 atom stereocenters. The highest BCUT2D eigenvalue weighted by Crippen LogP contribution is 2.39. The number of anilines is 2. The molecule has 0 saturated heterocycles. The van der Waals surface area contributed by atoms with Gasteiger partial charge >= 0.3 is 0 Å². The summed E-state index contributed by atoms with van der Waals surface area (Å²) >= 11 is 0. The van der Waals surface area contributed by atoms with Crippen molar-refractivity contribution in [2.75, 3.05) is 11.5 Å². The van der Waals surface area contributed by atoms with E-state index in [4.69, 9.17) is 20.9 Å². The molecule has 4 aromatic rings. The summed E-state index contributed by atoms with van der Waals surface area (Å²) < 4.78 is 12.1. The number of pyridine rings is 2. The molecule has 138 valence electrons. The van der Waals surface area contributed by atoms with Crippen molar-refractivity contribution in [1.82, 2.24) is 9.97 Å². The smallest absolute Gasteiger partial charge is 0.145 e. The zero-order chi connectivity index (χ0) is 19.3. The number of para-hydroxylation sites is 2. The van der Waals surface area contributed by atoms with Gasteiger partial charge in [-0.2, -0.15) is 0 Å². The quantitative estimate of drug-likeness (QED) is 0.519. The van der Waals surface area contributed by atoms with Gasteiger partial charge in [-0.3, -0.25) is 0 Å². The fourth-order valence-electron chi connectivity index (χ4n) is 2.71. The van der Waals surface area contributed by atoms with Crippen LogP contribution >= 0.6 is 0 Å². The van der Waals surface area contributed by atoms with E-state index in [1.807, 2.05) is 48.5 Å². The lowest BCUT2D eigenvalue weighted by atomic mass is 10.0. The van der Waals surface area contributed by atoms with E-state index in [1.54, 1.807) is 36.7 Å². The first-order valence-corrected chi connectivity index (χ1v) is 8.66. The summed E-state index contributed by atoms with van der Waals surface area (Å²) in [5, 5.41) is 0. The first-order valence-electron chi connectivity index (χ1n) is 8.66. The van der Waals surface area contributed by atoms with Crippen molar-refractivity contribution < 1.29 is 9.47 Å². The molecule has 0 spiro atoms. The molecule has 2 aromatic heterocycles. The van der Waals surface area contributed by atoms with Crippen LogP contribution in [0.15, 0.2) is 85.2 Å². The van der Waals surface area contributed by atoms with Crippen molar-refractivity contribution in [3.8, 4) is 34.1 Å². The fraction of sp³-hybridized carbons (Fsp3) is 0. The summed E-state index contributed by atoms with van der Waals surface area (Å²) in [6.45, 7) is 0. The number of nitrogens with zero attached hydrogens (tertiary/aromatic N) is 2. The molecule has 4 N–H and O–H groups in total. The maximum Gasteiger partial charge on any atom is 0.145 e. The van der Waals surface area contributed by atoms with Gasteiger partial charge in [0.25, 0.3) is 0 Å². The standard InChI is InChI=1S/C22H18N4O2/c23-21-11-9-15(13-25-21)27-19-7-3-1-5-17(19)18-6-2-4-8-20(18)28-16-10-12-22(24)26-14-16/h1-14H,(H2,23,25)(H2,24,26). The van der Waals surface area contributed by atoms with Gasteiger partial charge in [-0.05, 0) is 36.4 Å². The number of ether oxygens (including phenoxy) is 2. The Balaban J connectivity index is 1.69. The predicted molar refractivity (Wildman–Crippen MR) is 109 cm³/mol. The molecule has 2 aromatic carbocycles. The highest BCUT2D eigenvalue weighted by molar-refractivity contribution is 5.76. The highest BCUT2D eigenvalue weighted by Gasteiger charge is 2.13. The van der Waals surface area contributed by atoms with Crippen LogP contribution in [0.5, 0.6) is 23.0 Å². The van der Waals surface area contributed by atoms with Crippen molar-refractivity contribution in [2.45, 2.75) is 0 Å². The second kappa shape index (κ2) is 7.67. The van der Waals surface area contributed by atoms with Crippen molar-refractivity contribution in [1.29, 1.82) is 0 Å². The lowest BCUT2D eigenvalue weighted by molar-refractivity contribution is 0.475. The molecular weight excluding hydrogens is 352 g/mol. The van der Waals surface area contributed by atoms with E-state index in [9.17, 15) is 0 Å². The molecule has 0 amide bonds. The minimum Gasteiger partial charge on any atom is -0.455 e. The highest BCUT2D eigenvalue weighted by atomic mass is 16.5. The van der Waals surface area contributed by atoms with Crippen molar-refractivity contribution >= 4 is 11.6 Å². The Bertz CT molecular complexity index is 991. The third kappa shape index (κ3) is 3.86.